The Hall–Kier alpha value is -3.85. The number of hydrogen-bond donors (Lipinski definition) is 0. The monoisotopic (exact) mass is 435 g/mol. The van der Waals surface area contributed by atoms with Crippen molar-refractivity contribution >= 4 is 33.2 Å². The van der Waals surface area contributed by atoms with Crippen molar-refractivity contribution < 1.29 is 14.5 Å². The average molecular weight is 435 g/mol. The number of esters is 1. The van der Waals surface area contributed by atoms with Crippen LogP contribution in [0.4, 0.5) is 5.69 Å². The van der Waals surface area contributed by atoms with E-state index < -0.39 is 10.9 Å². The van der Waals surface area contributed by atoms with E-state index in [9.17, 15) is 19.7 Å². The Morgan fingerprint density at radius 3 is 2.71 bits per heavy atom. The van der Waals surface area contributed by atoms with Crippen molar-refractivity contribution in [2.45, 2.75) is 13.5 Å². The lowest BCUT2D eigenvalue weighted by Crippen LogP contribution is -2.21. The number of carbonyl (C=O) groups is 1. The summed E-state index contributed by atoms with van der Waals surface area (Å²) in [5.74, 6) is -0.413. The number of thiophene rings is 1. The molecule has 0 aliphatic carbocycles. The molecule has 0 amide bonds. The van der Waals surface area contributed by atoms with E-state index in [4.69, 9.17) is 4.74 Å². The van der Waals surface area contributed by atoms with Gasteiger partial charge < -0.3 is 4.74 Å². The molecule has 4 aromatic rings. The minimum absolute atomic E-state index is 0.0136. The largest absolute Gasteiger partial charge is 0.462 e. The predicted octanol–water partition coefficient (Wildman–Crippen LogP) is 4.26. The second-order valence-corrected chi connectivity index (χ2v) is 7.59. The average Bonchev–Trinajstić information content (AvgIpc) is 3.21. The van der Waals surface area contributed by atoms with Gasteiger partial charge in [0.15, 0.2) is 0 Å². The number of aromatic nitrogens is 2. The Morgan fingerprint density at radius 1 is 1.23 bits per heavy atom. The minimum Gasteiger partial charge on any atom is -0.462 e. The summed E-state index contributed by atoms with van der Waals surface area (Å²) in [4.78, 5) is 40.6. The molecule has 9 heteroatoms. The molecule has 0 atom stereocenters. The van der Waals surface area contributed by atoms with Gasteiger partial charge in [0.2, 0.25) is 0 Å². The highest BCUT2D eigenvalue weighted by Crippen LogP contribution is 2.31. The highest BCUT2D eigenvalue weighted by Gasteiger charge is 2.15. The molecule has 31 heavy (non-hydrogen) atoms. The van der Waals surface area contributed by atoms with Gasteiger partial charge in [-0.05, 0) is 42.3 Å². The standard InChI is InChI=1S/C22H17N3O5S/c1-2-30-22(27)16-5-3-4-14(10-16)11-24-13-23-20-19(21(24)26)18(12-31-20)15-6-8-17(9-7-15)25(28)29/h3-10,12-13H,2,11H2,1H3. The Kier molecular flexibility index (Phi) is 5.59. The van der Waals surface area contributed by atoms with Gasteiger partial charge in [0.25, 0.3) is 11.2 Å². The maximum absolute atomic E-state index is 13.2. The third kappa shape index (κ3) is 4.08. The van der Waals surface area contributed by atoms with E-state index >= 15 is 0 Å². The molecule has 0 N–H and O–H groups in total. The summed E-state index contributed by atoms with van der Waals surface area (Å²) >= 11 is 1.34. The summed E-state index contributed by atoms with van der Waals surface area (Å²) in [6, 6.07) is 13.0. The molecule has 0 radical (unpaired) electrons. The van der Waals surface area contributed by atoms with Crippen LogP contribution < -0.4 is 5.56 Å². The number of fused-ring (bicyclic) bond motifs is 1. The SMILES string of the molecule is CCOC(=O)c1cccc(Cn2cnc3scc(-c4ccc([N+](=O)[O-])cc4)c3c2=O)c1. The molecule has 0 bridgehead atoms. The number of nitro groups is 1. The van der Waals surface area contributed by atoms with Gasteiger partial charge in [0.1, 0.15) is 4.83 Å². The normalized spacial score (nSPS) is 10.9. The van der Waals surface area contributed by atoms with Gasteiger partial charge in [-0.15, -0.1) is 11.3 Å². The quantitative estimate of drug-likeness (QED) is 0.255. The van der Waals surface area contributed by atoms with Crippen molar-refractivity contribution in [3.63, 3.8) is 0 Å². The molecule has 0 saturated carbocycles. The molecule has 156 valence electrons. The molecule has 2 aromatic heterocycles. The second kappa shape index (κ2) is 8.49. The summed E-state index contributed by atoms with van der Waals surface area (Å²) in [7, 11) is 0. The molecular weight excluding hydrogens is 418 g/mol. The van der Waals surface area contributed by atoms with E-state index in [1.807, 2.05) is 11.4 Å². The number of nitro benzene ring substituents is 1. The Labute approximate surface area is 180 Å². The van der Waals surface area contributed by atoms with Crippen molar-refractivity contribution in [3.8, 4) is 11.1 Å². The van der Waals surface area contributed by atoms with E-state index in [1.165, 1.54) is 34.4 Å². The Balaban J connectivity index is 1.71. The molecule has 2 aromatic carbocycles. The lowest BCUT2D eigenvalue weighted by atomic mass is 10.1. The maximum Gasteiger partial charge on any atom is 0.338 e. The lowest BCUT2D eigenvalue weighted by molar-refractivity contribution is -0.384. The van der Waals surface area contributed by atoms with Crippen molar-refractivity contribution in [2.75, 3.05) is 6.61 Å². The first-order valence-electron chi connectivity index (χ1n) is 9.45. The molecule has 0 saturated heterocycles. The van der Waals surface area contributed by atoms with E-state index in [0.29, 0.717) is 26.9 Å². The van der Waals surface area contributed by atoms with Crippen molar-refractivity contribution in [3.05, 3.63) is 91.8 Å². The van der Waals surface area contributed by atoms with Crippen LogP contribution in [0, 0.1) is 10.1 Å². The van der Waals surface area contributed by atoms with Gasteiger partial charge in [0.05, 0.1) is 35.4 Å². The number of non-ortho nitro benzene ring substituents is 1. The number of rotatable bonds is 6. The van der Waals surface area contributed by atoms with Crippen LogP contribution in [0.1, 0.15) is 22.8 Å². The van der Waals surface area contributed by atoms with Gasteiger partial charge in [-0.1, -0.05) is 12.1 Å². The van der Waals surface area contributed by atoms with E-state index in [-0.39, 0.29) is 24.4 Å². The molecule has 0 unspecified atom stereocenters. The molecule has 2 heterocycles. The fraction of sp³-hybridized carbons (Fsp3) is 0.136. The summed E-state index contributed by atoms with van der Waals surface area (Å²) < 4.78 is 6.51. The van der Waals surface area contributed by atoms with E-state index in [1.54, 1.807) is 37.3 Å². The van der Waals surface area contributed by atoms with E-state index in [2.05, 4.69) is 4.98 Å². The Bertz CT molecular complexity index is 1340. The minimum atomic E-state index is -0.464. The number of benzene rings is 2. The number of nitrogens with zero attached hydrogens (tertiary/aromatic N) is 3. The topological polar surface area (TPSA) is 104 Å². The van der Waals surface area contributed by atoms with Crippen LogP contribution >= 0.6 is 11.3 Å². The second-order valence-electron chi connectivity index (χ2n) is 6.73. The number of ether oxygens (including phenoxy) is 1. The van der Waals surface area contributed by atoms with Crippen LogP contribution in [0.3, 0.4) is 0 Å². The zero-order valence-electron chi connectivity index (χ0n) is 16.5. The summed E-state index contributed by atoms with van der Waals surface area (Å²) in [6.07, 6.45) is 1.48. The number of carbonyl (C=O) groups excluding carboxylic acids is 1. The first-order valence-corrected chi connectivity index (χ1v) is 10.3. The van der Waals surface area contributed by atoms with Crippen LogP contribution in [-0.4, -0.2) is 27.1 Å². The Morgan fingerprint density at radius 2 is 2.00 bits per heavy atom. The fourth-order valence-corrected chi connectivity index (χ4v) is 4.17. The lowest BCUT2D eigenvalue weighted by Gasteiger charge is -2.08. The molecule has 8 nitrogen and oxygen atoms in total. The third-order valence-corrected chi connectivity index (χ3v) is 5.63. The first-order chi connectivity index (χ1) is 15.0. The smallest absolute Gasteiger partial charge is 0.338 e. The highest BCUT2D eigenvalue weighted by atomic mass is 32.1. The van der Waals surface area contributed by atoms with E-state index in [0.717, 1.165) is 5.56 Å². The van der Waals surface area contributed by atoms with Gasteiger partial charge >= 0.3 is 5.97 Å². The van der Waals surface area contributed by atoms with Gasteiger partial charge in [0, 0.05) is 23.1 Å². The molecule has 0 fully saturated rings. The summed E-state index contributed by atoms with van der Waals surface area (Å²) in [5, 5.41) is 13.2. The van der Waals surface area contributed by atoms with Gasteiger partial charge in [-0.3, -0.25) is 19.5 Å². The molecule has 0 spiro atoms. The molecule has 4 rings (SSSR count). The van der Waals surface area contributed by atoms with Crippen LogP contribution in [-0.2, 0) is 11.3 Å². The third-order valence-electron chi connectivity index (χ3n) is 4.74. The van der Waals surface area contributed by atoms with Gasteiger partial charge in [-0.2, -0.15) is 0 Å². The zero-order chi connectivity index (χ0) is 22.0. The summed E-state index contributed by atoms with van der Waals surface area (Å²) in [5.41, 5.74) is 2.34. The van der Waals surface area contributed by atoms with Crippen molar-refractivity contribution in [1.82, 2.24) is 9.55 Å². The molecule has 0 aliphatic heterocycles. The van der Waals surface area contributed by atoms with Crippen LogP contribution in [0.5, 0.6) is 0 Å². The van der Waals surface area contributed by atoms with Crippen molar-refractivity contribution in [2.24, 2.45) is 0 Å². The van der Waals surface area contributed by atoms with Gasteiger partial charge in [-0.25, -0.2) is 9.78 Å². The number of hydrogen-bond acceptors (Lipinski definition) is 7. The van der Waals surface area contributed by atoms with Crippen LogP contribution in [0.15, 0.2) is 65.0 Å². The first kappa shape index (κ1) is 20.4. The highest BCUT2D eigenvalue weighted by molar-refractivity contribution is 7.17. The predicted molar refractivity (Wildman–Crippen MR) is 117 cm³/mol. The maximum atomic E-state index is 13.2. The fourth-order valence-electron chi connectivity index (χ4n) is 3.26. The summed E-state index contributed by atoms with van der Waals surface area (Å²) in [6.45, 7) is 2.27. The zero-order valence-corrected chi connectivity index (χ0v) is 17.3. The van der Waals surface area contributed by atoms with Crippen molar-refractivity contribution in [1.29, 1.82) is 0 Å². The molecular formula is C22H17N3O5S. The van der Waals surface area contributed by atoms with Crippen LogP contribution in [0.25, 0.3) is 21.3 Å². The van der Waals surface area contributed by atoms with Crippen LogP contribution in [0.2, 0.25) is 0 Å². The molecule has 0 aliphatic rings.